The molecule has 1 saturated heterocycles. The first-order valence-corrected chi connectivity index (χ1v) is 10.2. The van der Waals surface area contributed by atoms with Gasteiger partial charge in [-0.25, -0.2) is 0 Å². The molecule has 2 aromatic carbocycles. The predicted octanol–water partition coefficient (Wildman–Crippen LogP) is 3.09. The normalized spacial score (nSPS) is 21.4. The van der Waals surface area contributed by atoms with Crippen LogP contribution >= 0.6 is 0 Å². The largest absolute Gasteiger partial charge is 0.491 e. The van der Waals surface area contributed by atoms with Crippen LogP contribution in [0.3, 0.4) is 0 Å². The second-order valence-corrected chi connectivity index (χ2v) is 8.04. The molecule has 1 aliphatic rings. The van der Waals surface area contributed by atoms with E-state index in [-0.39, 0.29) is 18.8 Å². The molecule has 1 N–H and O–H groups in total. The fourth-order valence-electron chi connectivity index (χ4n) is 4.02. The van der Waals surface area contributed by atoms with Crippen LogP contribution in [0.2, 0.25) is 0 Å². The van der Waals surface area contributed by atoms with Crippen molar-refractivity contribution in [3.05, 3.63) is 48.7 Å². The van der Waals surface area contributed by atoms with E-state index >= 15 is 0 Å². The Labute approximate surface area is 171 Å². The van der Waals surface area contributed by atoms with Crippen LogP contribution in [0.15, 0.2) is 48.7 Å². The number of aryl methyl sites for hydroxylation is 1. The maximum atomic E-state index is 10.4. The van der Waals surface area contributed by atoms with Crippen LogP contribution in [-0.4, -0.2) is 64.3 Å². The van der Waals surface area contributed by atoms with Gasteiger partial charge in [0.1, 0.15) is 18.5 Å². The van der Waals surface area contributed by atoms with E-state index in [2.05, 4.69) is 48.1 Å². The number of nitrogens with zero attached hydrogens (tertiary/aromatic N) is 3. The first kappa shape index (κ1) is 19.9. The van der Waals surface area contributed by atoms with Crippen LogP contribution in [-0.2, 0) is 11.8 Å². The van der Waals surface area contributed by atoms with Crippen molar-refractivity contribution in [2.45, 2.75) is 32.2 Å². The molecule has 0 saturated carbocycles. The zero-order valence-electron chi connectivity index (χ0n) is 17.3. The smallest absolute Gasteiger partial charge is 0.120 e. The molecule has 6 nitrogen and oxygen atoms in total. The Hall–Kier alpha value is -2.41. The monoisotopic (exact) mass is 395 g/mol. The van der Waals surface area contributed by atoms with Crippen molar-refractivity contribution in [2.24, 2.45) is 7.05 Å². The van der Waals surface area contributed by atoms with Crippen molar-refractivity contribution in [2.75, 3.05) is 26.2 Å². The van der Waals surface area contributed by atoms with Crippen LogP contribution < -0.4 is 4.74 Å². The van der Waals surface area contributed by atoms with Crippen LogP contribution in [0.1, 0.15) is 13.8 Å². The van der Waals surface area contributed by atoms with E-state index in [1.165, 1.54) is 0 Å². The molecule has 1 fully saturated rings. The third-order valence-electron chi connectivity index (χ3n) is 5.23. The summed E-state index contributed by atoms with van der Waals surface area (Å²) in [5, 5.41) is 17.1. The lowest BCUT2D eigenvalue weighted by molar-refractivity contribution is -0.0786. The van der Waals surface area contributed by atoms with Crippen molar-refractivity contribution < 1.29 is 14.6 Å². The Morgan fingerprint density at radius 1 is 1.10 bits per heavy atom. The number of rotatable bonds is 6. The Morgan fingerprint density at radius 3 is 2.55 bits per heavy atom. The standard InChI is InChI=1S/C23H29N3O3/c1-16-12-26(13-17(2)29-16)14-21(27)15-28-22-7-6-18-10-20(5-4-19(18)11-22)23-8-9-25(3)24-23/h4-11,16-17,21,27H,12-15H2,1-3H3/t16-,17+,21?. The average Bonchev–Trinajstić information content (AvgIpc) is 3.11. The van der Waals surface area contributed by atoms with Gasteiger partial charge in [0.2, 0.25) is 0 Å². The van der Waals surface area contributed by atoms with Gasteiger partial charge in [-0.1, -0.05) is 18.2 Å². The summed E-state index contributed by atoms with van der Waals surface area (Å²) in [6, 6.07) is 14.3. The van der Waals surface area contributed by atoms with E-state index in [1.807, 2.05) is 31.4 Å². The Balaban J connectivity index is 1.37. The minimum atomic E-state index is -0.533. The third kappa shape index (κ3) is 4.96. The molecule has 1 aromatic heterocycles. The highest BCUT2D eigenvalue weighted by atomic mass is 16.5. The number of morpholine rings is 1. The summed E-state index contributed by atoms with van der Waals surface area (Å²) in [5.41, 5.74) is 2.06. The lowest BCUT2D eigenvalue weighted by atomic mass is 10.0. The van der Waals surface area contributed by atoms with E-state index in [1.54, 1.807) is 4.68 Å². The van der Waals surface area contributed by atoms with Gasteiger partial charge in [-0.15, -0.1) is 0 Å². The van der Waals surface area contributed by atoms with Crippen molar-refractivity contribution in [1.82, 2.24) is 14.7 Å². The lowest BCUT2D eigenvalue weighted by Crippen LogP contribution is -2.48. The molecule has 3 aromatic rings. The van der Waals surface area contributed by atoms with Gasteiger partial charge in [0.15, 0.2) is 0 Å². The van der Waals surface area contributed by atoms with Crippen LogP contribution in [0.25, 0.3) is 22.0 Å². The van der Waals surface area contributed by atoms with Crippen LogP contribution in [0, 0.1) is 0 Å². The van der Waals surface area contributed by atoms with Gasteiger partial charge in [-0.05, 0) is 48.9 Å². The number of aliphatic hydroxyl groups is 1. The second-order valence-electron chi connectivity index (χ2n) is 8.04. The minimum Gasteiger partial charge on any atom is -0.491 e. The number of ether oxygens (including phenoxy) is 2. The van der Waals surface area contributed by atoms with E-state index < -0.39 is 6.10 Å². The molecule has 29 heavy (non-hydrogen) atoms. The summed E-state index contributed by atoms with van der Waals surface area (Å²) < 4.78 is 13.4. The molecule has 0 spiro atoms. The zero-order valence-corrected chi connectivity index (χ0v) is 17.3. The van der Waals surface area contributed by atoms with E-state index in [0.717, 1.165) is 40.9 Å². The molecule has 4 rings (SSSR count). The highest BCUT2D eigenvalue weighted by Crippen LogP contribution is 2.26. The highest BCUT2D eigenvalue weighted by molar-refractivity contribution is 5.87. The summed E-state index contributed by atoms with van der Waals surface area (Å²) in [4.78, 5) is 2.24. The number of benzene rings is 2. The number of aromatic nitrogens is 2. The topological polar surface area (TPSA) is 59.8 Å². The molecule has 154 valence electrons. The fourth-order valence-corrected chi connectivity index (χ4v) is 4.02. The van der Waals surface area contributed by atoms with Gasteiger partial charge < -0.3 is 14.6 Å². The molecule has 0 bridgehead atoms. The van der Waals surface area contributed by atoms with Gasteiger partial charge in [0, 0.05) is 38.4 Å². The summed E-state index contributed by atoms with van der Waals surface area (Å²) in [6.07, 6.45) is 1.81. The number of fused-ring (bicyclic) bond motifs is 1. The van der Waals surface area contributed by atoms with Gasteiger partial charge in [-0.3, -0.25) is 9.58 Å². The molecular weight excluding hydrogens is 366 g/mol. The lowest BCUT2D eigenvalue weighted by Gasteiger charge is -2.36. The second kappa shape index (κ2) is 8.53. The summed E-state index contributed by atoms with van der Waals surface area (Å²) in [6.45, 7) is 6.70. The zero-order chi connectivity index (χ0) is 20.4. The minimum absolute atomic E-state index is 0.198. The molecule has 1 unspecified atom stereocenters. The SMILES string of the molecule is C[C@@H]1CN(CC(O)COc2ccc3cc(-c4ccn(C)n4)ccc3c2)C[C@H](C)O1. The summed E-state index contributed by atoms with van der Waals surface area (Å²) >= 11 is 0. The summed E-state index contributed by atoms with van der Waals surface area (Å²) in [7, 11) is 1.92. The maximum Gasteiger partial charge on any atom is 0.120 e. The molecule has 1 aliphatic heterocycles. The van der Waals surface area contributed by atoms with E-state index in [4.69, 9.17) is 9.47 Å². The molecule has 0 amide bonds. The van der Waals surface area contributed by atoms with Crippen LogP contribution in [0.5, 0.6) is 5.75 Å². The molecular formula is C23H29N3O3. The molecule has 3 atom stereocenters. The first-order valence-electron chi connectivity index (χ1n) is 10.2. The van der Waals surface area contributed by atoms with Crippen molar-refractivity contribution in [3.8, 4) is 17.0 Å². The Kier molecular flexibility index (Phi) is 5.85. The van der Waals surface area contributed by atoms with Crippen LogP contribution in [0.4, 0.5) is 0 Å². The van der Waals surface area contributed by atoms with E-state index in [9.17, 15) is 5.11 Å². The molecule has 0 aliphatic carbocycles. The third-order valence-corrected chi connectivity index (χ3v) is 5.23. The molecule has 6 heteroatoms. The fraction of sp³-hybridized carbons (Fsp3) is 0.435. The summed E-state index contributed by atoms with van der Waals surface area (Å²) in [5.74, 6) is 0.769. The quantitative estimate of drug-likeness (QED) is 0.695. The maximum absolute atomic E-state index is 10.4. The van der Waals surface area contributed by atoms with Gasteiger partial charge in [0.05, 0.1) is 17.9 Å². The predicted molar refractivity (Wildman–Crippen MR) is 114 cm³/mol. The number of hydrogen-bond acceptors (Lipinski definition) is 5. The van der Waals surface area contributed by atoms with E-state index in [0.29, 0.717) is 6.54 Å². The molecule has 2 heterocycles. The Bertz CT molecular complexity index is 961. The highest BCUT2D eigenvalue weighted by Gasteiger charge is 2.23. The van der Waals surface area contributed by atoms with Crippen molar-refractivity contribution >= 4 is 10.8 Å². The number of hydrogen-bond donors (Lipinski definition) is 1. The van der Waals surface area contributed by atoms with Crippen molar-refractivity contribution in [3.63, 3.8) is 0 Å². The Morgan fingerprint density at radius 2 is 1.83 bits per heavy atom. The van der Waals surface area contributed by atoms with Gasteiger partial charge >= 0.3 is 0 Å². The number of aliphatic hydroxyl groups excluding tert-OH is 1. The number of β-amino-alcohol motifs (C(OH)–C–C–N with tert-alkyl or cyclic N) is 1. The van der Waals surface area contributed by atoms with Crippen molar-refractivity contribution in [1.29, 1.82) is 0 Å². The average molecular weight is 396 g/mol. The first-order chi connectivity index (χ1) is 14.0. The van der Waals surface area contributed by atoms with Gasteiger partial charge in [-0.2, -0.15) is 5.10 Å². The molecule has 0 radical (unpaired) electrons. The van der Waals surface area contributed by atoms with Gasteiger partial charge in [0.25, 0.3) is 0 Å².